The van der Waals surface area contributed by atoms with Gasteiger partial charge < -0.3 is 14.7 Å². The van der Waals surface area contributed by atoms with Gasteiger partial charge in [0.2, 0.25) is 5.91 Å². The van der Waals surface area contributed by atoms with Gasteiger partial charge in [-0.25, -0.2) is 0 Å². The summed E-state index contributed by atoms with van der Waals surface area (Å²) in [6.07, 6.45) is 0.363. The van der Waals surface area contributed by atoms with E-state index < -0.39 is 0 Å². The molecule has 2 rings (SSSR count). The summed E-state index contributed by atoms with van der Waals surface area (Å²) in [5, 5.41) is 13.0. The third-order valence-corrected chi connectivity index (χ3v) is 3.08. The average molecular weight is 262 g/mol. The molecule has 1 heterocycles. The van der Waals surface area contributed by atoms with E-state index in [2.05, 4.69) is 10.0 Å². The molecule has 0 bridgehead atoms. The summed E-state index contributed by atoms with van der Waals surface area (Å²) in [7, 11) is 1.45. The summed E-state index contributed by atoms with van der Waals surface area (Å²) in [6.45, 7) is 0.819. The number of azide groups is 1. The lowest BCUT2D eigenvalue weighted by atomic mass is 10.1. The van der Waals surface area contributed by atoms with E-state index in [0.29, 0.717) is 30.9 Å². The van der Waals surface area contributed by atoms with Gasteiger partial charge in [0.1, 0.15) is 0 Å². The number of amides is 1. The minimum atomic E-state index is -0.0223. The van der Waals surface area contributed by atoms with Crippen LogP contribution in [0.5, 0.6) is 11.5 Å². The van der Waals surface area contributed by atoms with E-state index in [0.717, 1.165) is 0 Å². The molecule has 1 atom stereocenters. The zero-order valence-electron chi connectivity index (χ0n) is 10.5. The van der Waals surface area contributed by atoms with Crippen molar-refractivity contribution in [3.8, 4) is 11.5 Å². The molecule has 1 amide bonds. The number of carbonyl (C=O) groups is 1. The van der Waals surface area contributed by atoms with Crippen LogP contribution in [0, 0.1) is 5.92 Å². The topological polar surface area (TPSA) is 98.5 Å². The van der Waals surface area contributed by atoms with Gasteiger partial charge in [-0.15, -0.1) is 0 Å². The first-order valence-corrected chi connectivity index (χ1v) is 5.84. The van der Waals surface area contributed by atoms with Crippen molar-refractivity contribution < 1.29 is 14.6 Å². The highest BCUT2D eigenvalue weighted by Crippen LogP contribution is 2.33. The van der Waals surface area contributed by atoms with Gasteiger partial charge in [0.15, 0.2) is 11.5 Å². The van der Waals surface area contributed by atoms with E-state index in [9.17, 15) is 9.90 Å². The third kappa shape index (κ3) is 2.71. The smallest absolute Gasteiger partial charge is 0.227 e. The first kappa shape index (κ1) is 13.0. The first-order chi connectivity index (χ1) is 9.15. The second-order valence-electron chi connectivity index (χ2n) is 4.34. The highest BCUT2D eigenvalue weighted by Gasteiger charge is 2.30. The number of carbonyl (C=O) groups excluding carboxylic acids is 1. The van der Waals surface area contributed by atoms with Crippen LogP contribution in [0.15, 0.2) is 23.3 Å². The molecule has 7 heteroatoms. The molecule has 1 fully saturated rings. The minimum Gasteiger partial charge on any atom is -0.504 e. The lowest BCUT2D eigenvalue weighted by Crippen LogP contribution is -2.24. The van der Waals surface area contributed by atoms with Crippen LogP contribution in [0.3, 0.4) is 0 Å². The molecular formula is C12H14N4O3. The highest BCUT2D eigenvalue weighted by molar-refractivity contribution is 5.96. The molecule has 19 heavy (non-hydrogen) atoms. The monoisotopic (exact) mass is 262 g/mol. The maximum Gasteiger partial charge on any atom is 0.227 e. The van der Waals surface area contributed by atoms with E-state index in [1.807, 2.05) is 0 Å². The summed E-state index contributed by atoms with van der Waals surface area (Å²) >= 11 is 0. The first-order valence-electron chi connectivity index (χ1n) is 5.84. The second-order valence-corrected chi connectivity index (χ2v) is 4.34. The fraction of sp³-hybridized carbons (Fsp3) is 0.417. The number of benzene rings is 1. The molecule has 1 aromatic carbocycles. The zero-order valence-corrected chi connectivity index (χ0v) is 10.5. The number of rotatable bonds is 4. The highest BCUT2D eigenvalue weighted by atomic mass is 16.5. The standard InChI is InChI=1S/C12H14N4O3/c1-19-11-5-9(2-3-10(11)17)16-7-8(4-12(16)18)6-14-15-13/h2-3,5,8,17H,4,6-7H2,1H3. The molecule has 100 valence electrons. The summed E-state index contributed by atoms with van der Waals surface area (Å²) in [5.74, 6) is 0.362. The summed E-state index contributed by atoms with van der Waals surface area (Å²) < 4.78 is 5.02. The van der Waals surface area contributed by atoms with Gasteiger partial charge >= 0.3 is 0 Å². The molecule has 7 nitrogen and oxygen atoms in total. The number of hydrogen-bond donors (Lipinski definition) is 1. The van der Waals surface area contributed by atoms with Crippen molar-refractivity contribution in [3.63, 3.8) is 0 Å². The summed E-state index contributed by atoms with van der Waals surface area (Å²) in [6, 6.07) is 4.76. The molecule has 0 aliphatic carbocycles. The van der Waals surface area contributed by atoms with Crippen molar-refractivity contribution in [1.29, 1.82) is 0 Å². The predicted molar refractivity (Wildman–Crippen MR) is 69.1 cm³/mol. The Morgan fingerprint density at radius 3 is 3.11 bits per heavy atom. The van der Waals surface area contributed by atoms with Gasteiger partial charge in [-0.2, -0.15) is 0 Å². The van der Waals surface area contributed by atoms with E-state index in [1.165, 1.54) is 13.2 Å². The Kier molecular flexibility index (Phi) is 3.77. The van der Waals surface area contributed by atoms with Crippen molar-refractivity contribution in [3.05, 3.63) is 28.6 Å². The van der Waals surface area contributed by atoms with Gasteiger partial charge in [-0.3, -0.25) is 4.79 Å². The lowest BCUT2D eigenvalue weighted by molar-refractivity contribution is -0.117. The third-order valence-electron chi connectivity index (χ3n) is 3.08. The number of anilines is 1. The zero-order chi connectivity index (χ0) is 13.8. The molecule has 0 saturated carbocycles. The maximum atomic E-state index is 11.9. The van der Waals surface area contributed by atoms with Crippen molar-refractivity contribution in [1.82, 2.24) is 0 Å². The Morgan fingerprint density at radius 2 is 2.42 bits per heavy atom. The van der Waals surface area contributed by atoms with Crippen LogP contribution >= 0.6 is 0 Å². The Bertz CT molecular complexity index is 540. The van der Waals surface area contributed by atoms with Crippen molar-refractivity contribution in [2.75, 3.05) is 25.1 Å². The number of phenols is 1. The van der Waals surface area contributed by atoms with Crippen LogP contribution in [0.2, 0.25) is 0 Å². The quantitative estimate of drug-likeness (QED) is 0.510. The van der Waals surface area contributed by atoms with Gasteiger partial charge in [-0.05, 0) is 23.6 Å². The minimum absolute atomic E-state index is 0.0223. The van der Waals surface area contributed by atoms with Crippen molar-refractivity contribution in [2.45, 2.75) is 6.42 Å². The van der Waals surface area contributed by atoms with E-state index in [-0.39, 0.29) is 17.6 Å². The summed E-state index contributed by atoms with van der Waals surface area (Å²) in [4.78, 5) is 16.2. The molecule has 1 N–H and O–H groups in total. The number of methoxy groups -OCH3 is 1. The number of hydrogen-bond acceptors (Lipinski definition) is 4. The van der Waals surface area contributed by atoms with Gasteiger partial charge in [0, 0.05) is 36.2 Å². The number of aromatic hydroxyl groups is 1. The second kappa shape index (κ2) is 5.49. The molecule has 0 radical (unpaired) electrons. The van der Waals surface area contributed by atoms with Crippen LogP contribution in [0.1, 0.15) is 6.42 Å². The van der Waals surface area contributed by atoms with Gasteiger partial charge in [0.25, 0.3) is 0 Å². The van der Waals surface area contributed by atoms with Gasteiger partial charge in [0.05, 0.1) is 7.11 Å². The predicted octanol–water partition coefficient (Wildman–Crippen LogP) is 2.06. The number of ether oxygens (including phenoxy) is 1. The fourth-order valence-electron chi connectivity index (χ4n) is 2.14. The summed E-state index contributed by atoms with van der Waals surface area (Å²) in [5.41, 5.74) is 8.96. The SMILES string of the molecule is COc1cc(N2CC(CN=[N+]=[N-])CC2=O)ccc1O. The fourth-order valence-corrected chi connectivity index (χ4v) is 2.14. The normalized spacial score (nSPS) is 18.3. The molecule has 1 unspecified atom stereocenters. The molecule has 0 spiro atoms. The lowest BCUT2D eigenvalue weighted by Gasteiger charge is -2.17. The Hall–Kier alpha value is -2.40. The molecule has 1 saturated heterocycles. The number of nitrogens with zero attached hydrogens (tertiary/aromatic N) is 4. The van der Waals surface area contributed by atoms with Crippen LogP contribution in [0.4, 0.5) is 5.69 Å². The Labute approximate surface area is 110 Å². The van der Waals surface area contributed by atoms with E-state index in [4.69, 9.17) is 10.3 Å². The van der Waals surface area contributed by atoms with Crippen LogP contribution in [-0.4, -0.2) is 31.2 Å². The molecule has 1 aliphatic heterocycles. The number of phenolic OH excluding ortho intramolecular Hbond substituents is 1. The van der Waals surface area contributed by atoms with Gasteiger partial charge in [-0.1, -0.05) is 5.11 Å². The Morgan fingerprint density at radius 1 is 1.63 bits per heavy atom. The molecule has 1 aliphatic rings. The molecule has 1 aromatic rings. The van der Waals surface area contributed by atoms with Crippen molar-refractivity contribution in [2.24, 2.45) is 11.0 Å². The van der Waals surface area contributed by atoms with Crippen LogP contribution in [0.25, 0.3) is 10.4 Å². The van der Waals surface area contributed by atoms with E-state index >= 15 is 0 Å². The van der Waals surface area contributed by atoms with Crippen LogP contribution < -0.4 is 9.64 Å². The van der Waals surface area contributed by atoms with Crippen molar-refractivity contribution >= 4 is 11.6 Å². The van der Waals surface area contributed by atoms with Crippen LogP contribution in [-0.2, 0) is 4.79 Å². The van der Waals surface area contributed by atoms with E-state index in [1.54, 1.807) is 17.0 Å². The average Bonchev–Trinajstić information content (AvgIpc) is 2.78. The molecule has 0 aromatic heterocycles. The molecular weight excluding hydrogens is 248 g/mol. The largest absolute Gasteiger partial charge is 0.504 e. The maximum absolute atomic E-state index is 11.9. The Balaban J connectivity index is 2.18.